The molecule has 2 atom stereocenters. The fourth-order valence-corrected chi connectivity index (χ4v) is 3.58. The van der Waals surface area contributed by atoms with Crippen LogP contribution in [0.5, 0.6) is 0 Å². The van der Waals surface area contributed by atoms with Crippen molar-refractivity contribution in [2.24, 2.45) is 0 Å². The standard InChI is InChI=1S/C14H16Cl2N2O.ClH/c15-10-2-1-9(11(16)7-10)4-6-18-13-3-5-17-12(13)8-14(18)19;/h1-2,7,12-13,17H,3-6,8H2;1H/t12-,13-;/m1./s1. The largest absolute Gasteiger partial charge is 0.338 e. The van der Waals surface area contributed by atoms with Crippen LogP contribution >= 0.6 is 35.6 Å². The Morgan fingerprint density at radius 1 is 1.35 bits per heavy atom. The van der Waals surface area contributed by atoms with E-state index in [4.69, 9.17) is 23.2 Å². The summed E-state index contributed by atoms with van der Waals surface area (Å²) in [5.41, 5.74) is 1.05. The van der Waals surface area contributed by atoms with Gasteiger partial charge in [0.05, 0.1) is 0 Å². The lowest BCUT2D eigenvalue weighted by molar-refractivity contribution is -0.129. The van der Waals surface area contributed by atoms with Crippen LogP contribution in [0.3, 0.4) is 0 Å². The van der Waals surface area contributed by atoms with Crippen LogP contribution in [0.2, 0.25) is 10.0 Å². The molecule has 110 valence electrons. The zero-order valence-electron chi connectivity index (χ0n) is 10.9. The van der Waals surface area contributed by atoms with Crippen molar-refractivity contribution in [3.05, 3.63) is 33.8 Å². The van der Waals surface area contributed by atoms with Gasteiger partial charge in [-0.2, -0.15) is 0 Å². The highest BCUT2D eigenvalue weighted by molar-refractivity contribution is 6.35. The summed E-state index contributed by atoms with van der Waals surface area (Å²) < 4.78 is 0. The van der Waals surface area contributed by atoms with Crippen molar-refractivity contribution in [3.8, 4) is 0 Å². The number of carbonyl (C=O) groups excluding carboxylic acids is 1. The number of amides is 1. The summed E-state index contributed by atoms with van der Waals surface area (Å²) in [5.74, 6) is 0.257. The monoisotopic (exact) mass is 334 g/mol. The van der Waals surface area contributed by atoms with Gasteiger partial charge >= 0.3 is 0 Å². The maximum atomic E-state index is 12.0. The minimum atomic E-state index is 0. The average Bonchev–Trinajstić information content (AvgIpc) is 2.90. The summed E-state index contributed by atoms with van der Waals surface area (Å²) in [4.78, 5) is 14.0. The first-order valence-electron chi connectivity index (χ1n) is 6.62. The second-order valence-electron chi connectivity index (χ2n) is 5.19. The van der Waals surface area contributed by atoms with Gasteiger partial charge in [-0.05, 0) is 37.1 Å². The number of nitrogens with zero attached hydrogens (tertiary/aromatic N) is 1. The van der Waals surface area contributed by atoms with Crippen molar-refractivity contribution in [2.75, 3.05) is 13.1 Å². The van der Waals surface area contributed by atoms with E-state index in [0.717, 1.165) is 31.5 Å². The van der Waals surface area contributed by atoms with Crippen LogP contribution in [-0.2, 0) is 11.2 Å². The predicted octanol–water partition coefficient (Wildman–Crippen LogP) is 2.92. The topological polar surface area (TPSA) is 32.3 Å². The van der Waals surface area contributed by atoms with Gasteiger partial charge in [0.15, 0.2) is 0 Å². The summed E-state index contributed by atoms with van der Waals surface area (Å²) in [6, 6.07) is 6.26. The molecule has 20 heavy (non-hydrogen) atoms. The Morgan fingerprint density at radius 3 is 2.90 bits per heavy atom. The van der Waals surface area contributed by atoms with Crippen LogP contribution in [0.4, 0.5) is 0 Å². The number of rotatable bonds is 3. The molecule has 2 heterocycles. The Bertz CT molecular complexity index is 509. The van der Waals surface area contributed by atoms with Gasteiger partial charge in [0, 0.05) is 35.1 Å². The van der Waals surface area contributed by atoms with Crippen molar-refractivity contribution in [2.45, 2.75) is 31.3 Å². The Kier molecular flexibility index (Phi) is 5.19. The zero-order chi connectivity index (χ0) is 13.4. The Balaban J connectivity index is 0.00000147. The number of likely N-dealkylation sites (tertiary alicyclic amines) is 1. The predicted molar refractivity (Wildman–Crippen MR) is 83.9 cm³/mol. The molecular formula is C14H17Cl3N2O. The second-order valence-corrected chi connectivity index (χ2v) is 6.04. The smallest absolute Gasteiger partial charge is 0.224 e. The molecule has 0 bridgehead atoms. The second kappa shape index (κ2) is 6.52. The molecule has 0 aromatic heterocycles. The summed E-state index contributed by atoms with van der Waals surface area (Å²) in [6.45, 7) is 1.75. The Labute approximate surface area is 135 Å². The Hall–Kier alpha value is -0.480. The van der Waals surface area contributed by atoms with E-state index < -0.39 is 0 Å². The molecule has 2 aliphatic rings. The lowest BCUT2D eigenvalue weighted by Crippen LogP contribution is -2.37. The lowest BCUT2D eigenvalue weighted by atomic mass is 10.1. The van der Waals surface area contributed by atoms with Crippen molar-refractivity contribution in [3.63, 3.8) is 0 Å². The van der Waals surface area contributed by atoms with E-state index in [1.54, 1.807) is 6.07 Å². The van der Waals surface area contributed by atoms with Crippen molar-refractivity contribution in [1.29, 1.82) is 0 Å². The molecule has 0 saturated carbocycles. The van der Waals surface area contributed by atoms with Gasteiger partial charge in [0.1, 0.15) is 0 Å². The van der Waals surface area contributed by atoms with E-state index in [-0.39, 0.29) is 18.3 Å². The van der Waals surface area contributed by atoms with E-state index in [2.05, 4.69) is 5.32 Å². The number of benzene rings is 1. The number of hydrogen-bond donors (Lipinski definition) is 1. The molecule has 1 N–H and O–H groups in total. The fourth-order valence-electron chi connectivity index (χ4n) is 3.08. The molecule has 3 rings (SSSR count). The first-order valence-corrected chi connectivity index (χ1v) is 7.37. The zero-order valence-corrected chi connectivity index (χ0v) is 13.3. The first kappa shape index (κ1) is 15.9. The SMILES string of the molecule is Cl.O=C1C[C@H]2NCC[C@H]2N1CCc1ccc(Cl)cc1Cl. The molecule has 0 spiro atoms. The number of fused-ring (bicyclic) bond motifs is 1. The number of carbonyl (C=O) groups is 1. The fraction of sp³-hybridized carbons (Fsp3) is 0.500. The number of nitrogens with one attached hydrogen (secondary N) is 1. The molecule has 2 saturated heterocycles. The molecular weight excluding hydrogens is 319 g/mol. The summed E-state index contributed by atoms with van der Waals surface area (Å²) >= 11 is 12.0. The van der Waals surface area contributed by atoms with Gasteiger partial charge in [-0.15, -0.1) is 12.4 Å². The molecule has 2 fully saturated rings. The first-order chi connectivity index (χ1) is 9.15. The van der Waals surface area contributed by atoms with Crippen LogP contribution in [0, 0.1) is 0 Å². The van der Waals surface area contributed by atoms with Gasteiger partial charge in [-0.25, -0.2) is 0 Å². The molecule has 0 unspecified atom stereocenters. The van der Waals surface area contributed by atoms with Crippen LogP contribution < -0.4 is 5.32 Å². The summed E-state index contributed by atoms with van der Waals surface area (Å²) in [5, 5.41) is 4.72. The third kappa shape index (κ3) is 3.06. The summed E-state index contributed by atoms with van der Waals surface area (Å²) in [6.07, 6.45) is 2.48. The van der Waals surface area contributed by atoms with Gasteiger partial charge in [0.25, 0.3) is 0 Å². The normalized spacial score (nSPS) is 24.7. The molecule has 1 amide bonds. The van der Waals surface area contributed by atoms with Crippen LogP contribution in [-0.4, -0.2) is 36.0 Å². The summed E-state index contributed by atoms with van der Waals surface area (Å²) in [7, 11) is 0. The average molecular weight is 336 g/mol. The number of halogens is 3. The van der Waals surface area contributed by atoms with E-state index in [1.165, 1.54) is 0 Å². The van der Waals surface area contributed by atoms with Gasteiger partial charge in [-0.1, -0.05) is 29.3 Å². The molecule has 0 aliphatic carbocycles. The Morgan fingerprint density at radius 2 is 2.15 bits per heavy atom. The number of hydrogen-bond acceptors (Lipinski definition) is 2. The van der Waals surface area contributed by atoms with Gasteiger partial charge < -0.3 is 10.2 Å². The van der Waals surface area contributed by atoms with E-state index >= 15 is 0 Å². The van der Waals surface area contributed by atoms with E-state index in [0.29, 0.717) is 28.5 Å². The van der Waals surface area contributed by atoms with E-state index in [1.807, 2.05) is 17.0 Å². The molecule has 1 aromatic carbocycles. The third-order valence-electron chi connectivity index (χ3n) is 4.06. The lowest BCUT2D eigenvalue weighted by Gasteiger charge is -2.23. The minimum absolute atomic E-state index is 0. The highest BCUT2D eigenvalue weighted by atomic mass is 35.5. The highest BCUT2D eigenvalue weighted by Gasteiger charge is 2.41. The third-order valence-corrected chi connectivity index (χ3v) is 4.65. The van der Waals surface area contributed by atoms with Crippen molar-refractivity contribution < 1.29 is 4.79 Å². The molecule has 6 heteroatoms. The molecule has 1 aromatic rings. The quantitative estimate of drug-likeness (QED) is 0.921. The van der Waals surface area contributed by atoms with Crippen LogP contribution in [0.15, 0.2) is 18.2 Å². The van der Waals surface area contributed by atoms with Gasteiger partial charge in [0.2, 0.25) is 5.91 Å². The van der Waals surface area contributed by atoms with Gasteiger partial charge in [-0.3, -0.25) is 4.79 Å². The minimum Gasteiger partial charge on any atom is -0.338 e. The van der Waals surface area contributed by atoms with E-state index in [9.17, 15) is 4.79 Å². The highest BCUT2D eigenvalue weighted by Crippen LogP contribution is 2.27. The molecule has 0 radical (unpaired) electrons. The van der Waals surface area contributed by atoms with Crippen molar-refractivity contribution >= 4 is 41.5 Å². The molecule has 3 nitrogen and oxygen atoms in total. The van der Waals surface area contributed by atoms with Crippen LogP contribution in [0.25, 0.3) is 0 Å². The maximum Gasteiger partial charge on any atom is 0.224 e. The molecule has 2 aliphatic heterocycles. The van der Waals surface area contributed by atoms with Crippen LogP contribution in [0.1, 0.15) is 18.4 Å². The van der Waals surface area contributed by atoms with Crippen molar-refractivity contribution in [1.82, 2.24) is 10.2 Å². The maximum absolute atomic E-state index is 12.0.